The minimum Gasteiger partial charge on any atom is -0.387 e. The molecule has 1 atom stereocenters. The van der Waals surface area contributed by atoms with Gasteiger partial charge in [0.05, 0.1) is 22.8 Å². The minimum absolute atomic E-state index is 0.0332. The fourth-order valence-corrected chi connectivity index (χ4v) is 4.16. The van der Waals surface area contributed by atoms with Crippen molar-refractivity contribution in [3.8, 4) is 11.3 Å². The number of nitrogens with zero attached hydrogens (tertiary/aromatic N) is 3. The van der Waals surface area contributed by atoms with E-state index in [1.54, 1.807) is 4.90 Å². The molecule has 1 aromatic carbocycles. The first kappa shape index (κ1) is 17.1. The van der Waals surface area contributed by atoms with Crippen LogP contribution in [-0.2, 0) is 0 Å². The van der Waals surface area contributed by atoms with Crippen molar-refractivity contribution in [2.45, 2.75) is 18.9 Å². The Bertz CT molecular complexity index is 729. The van der Waals surface area contributed by atoms with Gasteiger partial charge in [-0.05, 0) is 27.4 Å². The third kappa shape index (κ3) is 3.50. The number of amides is 1. The highest BCUT2D eigenvalue weighted by Gasteiger charge is 2.39. The fourth-order valence-electron chi connectivity index (χ4n) is 3.25. The number of hydrogen-bond acceptors (Lipinski definition) is 5. The van der Waals surface area contributed by atoms with Gasteiger partial charge in [0.15, 0.2) is 0 Å². The molecular formula is C18H23N3O2S. The van der Waals surface area contributed by atoms with Crippen LogP contribution in [-0.4, -0.2) is 65.1 Å². The number of likely N-dealkylation sites (N-methyl/N-ethyl adjacent to an activating group) is 1. The molecule has 3 rings (SSSR count). The quantitative estimate of drug-likeness (QED) is 0.923. The van der Waals surface area contributed by atoms with E-state index in [0.29, 0.717) is 30.9 Å². The molecule has 0 aliphatic carbocycles. The number of benzene rings is 1. The van der Waals surface area contributed by atoms with E-state index in [9.17, 15) is 9.90 Å². The van der Waals surface area contributed by atoms with Crippen LogP contribution in [0.1, 0.15) is 21.1 Å². The SMILES string of the molecule is Cc1nc(-c2ccccc2)c(C(=O)N2CC[C@](O)(CN(C)C)C2)s1. The van der Waals surface area contributed by atoms with E-state index in [0.717, 1.165) is 16.3 Å². The average Bonchev–Trinajstić information content (AvgIpc) is 3.10. The number of aryl methyl sites for hydroxylation is 1. The number of thiazole rings is 1. The summed E-state index contributed by atoms with van der Waals surface area (Å²) in [5.74, 6) is -0.0332. The molecule has 1 amide bonds. The average molecular weight is 345 g/mol. The molecular weight excluding hydrogens is 322 g/mol. The summed E-state index contributed by atoms with van der Waals surface area (Å²) in [6, 6.07) is 9.79. The van der Waals surface area contributed by atoms with Crippen molar-refractivity contribution in [2.75, 3.05) is 33.7 Å². The first-order chi connectivity index (χ1) is 11.4. The predicted octanol–water partition coefficient (Wildman–Crippen LogP) is 2.26. The van der Waals surface area contributed by atoms with Crippen molar-refractivity contribution >= 4 is 17.2 Å². The van der Waals surface area contributed by atoms with Gasteiger partial charge < -0.3 is 14.9 Å². The number of rotatable bonds is 4. The van der Waals surface area contributed by atoms with E-state index >= 15 is 0 Å². The van der Waals surface area contributed by atoms with Gasteiger partial charge in [-0.2, -0.15) is 0 Å². The van der Waals surface area contributed by atoms with Crippen molar-refractivity contribution in [2.24, 2.45) is 0 Å². The normalized spacial score (nSPS) is 20.8. The topological polar surface area (TPSA) is 56.7 Å². The van der Waals surface area contributed by atoms with Crippen molar-refractivity contribution < 1.29 is 9.90 Å². The monoisotopic (exact) mass is 345 g/mol. The summed E-state index contributed by atoms with van der Waals surface area (Å²) in [7, 11) is 3.87. The molecule has 1 N–H and O–H groups in total. The molecule has 0 unspecified atom stereocenters. The molecule has 6 heteroatoms. The smallest absolute Gasteiger partial charge is 0.266 e. The summed E-state index contributed by atoms with van der Waals surface area (Å²) in [5.41, 5.74) is 0.866. The van der Waals surface area contributed by atoms with Crippen molar-refractivity contribution in [3.63, 3.8) is 0 Å². The third-order valence-electron chi connectivity index (χ3n) is 4.21. The molecule has 1 saturated heterocycles. The van der Waals surface area contributed by atoms with Gasteiger partial charge in [0.1, 0.15) is 4.88 Å². The Morgan fingerprint density at radius 3 is 2.75 bits per heavy atom. The Kier molecular flexibility index (Phi) is 4.71. The van der Waals surface area contributed by atoms with Gasteiger partial charge in [0.2, 0.25) is 0 Å². The van der Waals surface area contributed by atoms with E-state index in [1.807, 2.05) is 56.3 Å². The lowest BCUT2D eigenvalue weighted by molar-refractivity contribution is 0.0237. The molecule has 0 spiro atoms. The zero-order valence-corrected chi connectivity index (χ0v) is 15.1. The van der Waals surface area contributed by atoms with E-state index < -0.39 is 5.60 Å². The molecule has 128 valence electrons. The predicted molar refractivity (Wildman–Crippen MR) is 96.3 cm³/mol. The lowest BCUT2D eigenvalue weighted by Crippen LogP contribution is -2.43. The molecule has 1 aromatic heterocycles. The highest BCUT2D eigenvalue weighted by atomic mass is 32.1. The molecule has 0 bridgehead atoms. The summed E-state index contributed by atoms with van der Waals surface area (Å²) < 4.78 is 0. The van der Waals surface area contributed by atoms with Gasteiger partial charge in [-0.25, -0.2) is 4.98 Å². The summed E-state index contributed by atoms with van der Waals surface area (Å²) in [6.45, 7) is 3.42. The van der Waals surface area contributed by atoms with E-state index in [2.05, 4.69) is 4.98 Å². The zero-order chi connectivity index (χ0) is 17.3. The number of carbonyl (C=O) groups is 1. The van der Waals surface area contributed by atoms with Crippen molar-refractivity contribution in [3.05, 3.63) is 40.2 Å². The zero-order valence-electron chi connectivity index (χ0n) is 14.3. The highest BCUT2D eigenvalue weighted by molar-refractivity contribution is 7.14. The highest BCUT2D eigenvalue weighted by Crippen LogP contribution is 2.31. The molecule has 2 aromatic rings. The Morgan fingerprint density at radius 1 is 1.38 bits per heavy atom. The van der Waals surface area contributed by atoms with Crippen molar-refractivity contribution in [1.82, 2.24) is 14.8 Å². The van der Waals surface area contributed by atoms with Crippen LogP contribution in [0, 0.1) is 6.92 Å². The molecule has 0 radical (unpaired) electrons. The maximum Gasteiger partial charge on any atom is 0.266 e. The lowest BCUT2D eigenvalue weighted by Gasteiger charge is -2.26. The largest absolute Gasteiger partial charge is 0.387 e. The Morgan fingerprint density at radius 2 is 2.08 bits per heavy atom. The number of hydrogen-bond donors (Lipinski definition) is 1. The van der Waals surface area contributed by atoms with Crippen LogP contribution in [0.2, 0.25) is 0 Å². The summed E-state index contributed by atoms with van der Waals surface area (Å²) >= 11 is 1.42. The van der Waals surface area contributed by atoms with Crippen molar-refractivity contribution in [1.29, 1.82) is 0 Å². The van der Waals surface area contributed by atoms with Crippen LogP contribution in [0.15, 0.2) is 30.3 Å². The van der Waals surface area contributed by atoms with Gasteiger partial charge >= 0.3 is 0 Å². The number of aromatic nitrogens is 1. The summed E-state index contributed by atoms with van der Waals surface area (Å²) in [6.07, 6.45) is 0.607. The molecule has 1 fully saturated rings. The maximum absolute atomic E-state index is 13.0. The molecule has 1 aliphatic rings. The Balaban J connectivity index is 1.84. The van der Waals surface area contributed by atoms with Gasteiger partial charge in [-0.15, -0.1) is 11.3 Å². The number of β-amino-alcohol motifs (C(OH)–C–C–N with tert-alkyl or cyclic N) is 1. The number of carbonyl (C=O) groups excluding carboxylic acids is 1. The van der Waals surface area contributed by atoms with Gasteiger partial charge in [0, 0.05) is 18.7 Å². The van der Waals surface area contributed by atoms with E-state index in [-0.39, 0.29) is 5.91 Å². The van der Waals surface area contributed by atoms with Crippen LogP contribution in [0.5, 0.6) is 0 Å². The van der Waals surface area contributed by atoms with Crippen LogP contribution in [0.3, 0.4) is 0 Å². The molecule has 5 nitrogen and oxygen atoms in total. The van der Waals surface area contributed by atoms with E-state index in [1.165, 1.54) is 11.3 Å². The fraction of sp³-hybridized carbons (Fsp3) is 0.444. The van der Waals surface area contributed by atoms with Gasteiger partial charge in [-0.3, -0.25) is 4.79 Å². The first-order valence-corrected chi connectivity index (χ1v) is 8.89. The minimum atomic E-state index is -0.828. The first-order valence-electron chi connectivity index (χ1n) is 8.07. The van der Waals surface area contributed by atoms with Gasteiger partial charge in [-0.1, -0.05) is 30.3 Å². The lowest BCUT2D eigenvalue weighted by atomic mass is 10.0. The van der Waals surface area contributed by atoms with Crippen LogP contribution < -0.4 is 0 Å². The van der Waals surface area contributed by atoms with E-state index in [4.69, 9.17) is 0 Å². The Labute approximate surface area is 146 Å². The molecule has 24 heavy (non-hydrogen) atoms. The molecule has 2 heterocycles. The number of likely N-dealkylation sites (tertiary alicyclic amines) is 1. The summed E-state index contributed by atoms with van der Waals surface area (Å²) in [5, 5.41) is 11.5. The van der Waals surface area contributed by atoms with Crippen LogP contribution in [0.25, 0.3) is 11.3 Å². The van der Waals surface area contributed by atoms with Crippen LogP contribution >= 0.6 is 11.3 Å². The summed E-state index contributed by atoms with van der Waals surface area (Å²) in [4.78, 5) is 21.9. The maximum atomic E-state index is 13.0. The Hall–Kier alpha value is -1.76. The second kappa shape index (κ2) is 6.63. The molecule has 1 aliphatic heterocycles. The standard InChI is InChI=1S/C18H23N3O2S/c1-13-19-15(14-7-5-4-6-8-14)16(24-13)17(22)21-10-9-18(23,12-21)11-20(2)3/h4-8,23H,9-12H2,1-3H3/t18-/m0/s1. The third-order valence-corrected chi connectivity index (χ3v) is 5.16. The number of aliphatic hydroxyl groups is 1. The second-order valence-electron chi connectivity index (χ2n) is 6.72. The second-order valence-corrected chi connectivity index (χ2v) is 7.92. The van der Waals surface area contributed by atoms with Crippen LogP contribution in [0.4, 0.5) is 0 Å². The molecule has 0 saturated carbocycles. The van der Waals surface area contributed by atoms with Gasteiger partial charge in [0.25, 0.3) is 5.91 Å².